The number of carbonyl (C=O) groups excluding carboxylic acids is 1. The first-order chi connectivity index (χ1) is 10.2. The molecule has 0 bridgehead atoms. The number of amides is 1. The predicted molar refractivity (Wildman–Crippen MR) is 79.4 cm³/mol. The number of morpholine rings is 1. The lowest BCUT2D eigenvalue weighted by molar-refractivity contribution is 0.0691. The van der Waals surface area contributed by atoms with E-state index >= 15 is 0 Å². The number of likely N-dealkylation sites (tertiary alicyclic amines) is 1. The molecule has 6 nitrogen and oxygen atoms in total. The standard InChI is InChI=1S/C15H22N4O2/c1-12-3-6-18(7-4-12)14(20)13-2-5-16-15(17-13)19-8-10-21-11-9-19/h2,5,12H,3-4,6-11H2,1H3. The SMILES string of the molecule is CC1CCN(C(=O)c2ccnc(N3CCOCC3)n2)CC1. The van der Waals surface area contributed by atoms with Crippen molar-refractivity contribution in [1.29, 1.82) is 0 Å². The highest BCUT2D eigenvalue weighted by Gasteiger charge is 2.23. The van der Waals surface area contributed by atoms with E-state index in [0.29, 0.717) is 30.8 Å². The molecular weight excluding hydrogens is 268 g/mol. The van der Waals surface area contributed by atoms with Crippen LogP contribution in [0.3, 0.4) is 0 Å². The van der Waals surface area contributed by atoms with Crippen LogP contribution in [0.2, 0.25) is 0 Å². The van der Waals surface area contributed by atoms with E-state index in [9.17, 15) is 4.79 Å². The average molecular weight is 290 g/mol. The van der Waals surface area contributed by atoms with Gasteiger partial charge in [-0.1, -0.05) is 6.92 Å². The quantitative estimate of drug-likeness (QED) is 0.819. The van der Waals surface area contributed by atoms with Crippen LogP contribution >= 0.6 is 0 Å². The van der Waals surface area contributed by atoms with Gasteiger partial charge in [0.25, 0.3) is 5.91 Å². The summed E-state index contributed by atoms with van der Waals surface area (Å²) >= 11 is 0. The molecule has 2 aliphatic rings. The van der Waals surface area contributed by atoms with Gasteiger partial charge in [-0.25, -0.2) is 9.97 Å². The van der Waals surface area contributed by atoms with Crippen molar-refractivity contribution in [2.24, 2.45) is 5.92 Å². The Morgan fingerprint density at radius 1 is 1.24 bits per heavy atom. The van der Waals surface area contributed by atoms with E-state index in [1.54, 1.807) is 12.3 Å². The zero-order valence-corrected chi connectivity index (χ0v) is 12.5. The summed E-state index contributed by atoms with van der Waals surface area (Å²) in [6, 6.07) is 1.71. The van der Waals surface area contributed by atoms with Crippen molar-refractivity contribution in [1.82, 2.24) is 14.9 Å². The van der Waals surface area contributed by atoms with Crippen molar-refractivity contribution in [3.05, 3.63) is 18.0 Å². The summed E-state index contributed by atoms with van der Waals surface area (Å²) in [7, 11) is 0. The summed E-state index contributed by atoms with van der Waals surface area (Å²) in [4.78, 5) is 25.3. The van der Waals surface area contributed by atoms with Crippen LogP contribution in [0.4, 0.5) is 5.95 Å². The fraction of sp³-hybridized carbons (Fsp3) is 0.667. The van der Waals surface area contributed by atoms with Gasteiger partial charge >= 0.3 is 0 Å². The van der Waals surface area contributed by atoms with E-state index in [4.69, 9.17) is 4.74 Å². The minimum atomic E-state index is 0.0267. The molecule has 2 saturated heterocycles. The number of nitrogens with zero attached hydrogens (tertiary/aromatic N) is 4. The molecule has 21 heavy (non-hydrogen) atoms. The average Bonchev–Trinajstić information content (AvgIpc) is 2.56. The molecule has 2 aliphatic heterocycles. The lowest BCUT2D eigenvalue weighted by Gasteiger charge is -2.30. The lowest BCUT2D eigenvalue weighted by atomic mass is 9.99. The molecule has 6 heteroatoms. The molecule has 2 fully saturated rings. The number of carbonyl (C=O) groups is 1. The van der Waals surface area contributed by atoms with Crippen LogP contribution in [0, 0.1) is 5.92 Å². The van der Waals surface area contributed by atoms with Crippen molar-refractivity contribution in [3.63, 3.8) is 0 Å². The first-order valence-electron chi connectivity index (χ1n) is 7.69. The minimum Gasteiger partial charge on any atom is -0.378 e. The summed E-state index contributed by atoms with van der Waals surface area (Å²) in [6.45, 7) is 6.83. The van der Waals surface area contributed by atoms with Gasteiger partial charge in [0.1, 0.15) is 5.69 Å². The molecule has 0 radical (unpaired) electrons. The summed E-state index contributed by atoms with van der Waals surface area (Å²) in [5.41, 5.74) is 0.501. The van der Waals surface area contributed by atoms with E-state index in [1.165, 1.54) is 0 Å². The van der Waals surface area contributed by atoms with E-state index in [0.717, 1.165) is 39.0 Å². The Kier molecular flexibility index (Phi) is 4.34. The Morgan fingerprint density at radius 2 is 1.95 bits per heavy atom. The van der Waals surface area contributed by atoms with E-state index in [2.05, 4.69) is 21.8 Å². The smallest absolute Gasteiger partial charge is 0.272 e. The molecule has 0 N–H and O–H groups in total. The van der Waals surface area contributed by atoms with Crippen molar-refractivity contribution >= 4 is 11.9 Å². The highest BCUT2D eigenvalue weighted by atomic mass is 16.5. The van der Waals surface area contributed by atoms with Gasteiger partial charge in [0.15, 0.2) is 0 Å². The third-order valence-electron chi connectivity index (χ3n) is 4.23. The maximum absolute atomic E-state index is 12.5. The molecule has 0 saturated carbocycles. The minimum absolute atomic E-state index is 0.0267. The Hall–Kier alpha value is -1.69. The monoisotopic (exact) mass is 290 g/mol. The van der Waals surface area contributed by atoms with Crippen LogP contribution in [-0.4, -0.2) is 60.2 Å². The Balaban J connectivity index is 1.71. The fourth-order valence-electron chi connectivity index (χ4n) is 2.76. The summed E-state index contributed by atoms with van der Waals surface area (Å²) in [6.07, 6.45) is 3.83. The number of aromatic nitrogens is 2. The van der Waals surface area contributed by atoms with Gasteiger partial charge in [-0.2, -0.15) is 0 Å². The zero-order chi connectivity index (χ0) is 14.7. The van der Waals surface area contributed by atoms with Gasteiger partial charge in [0.2, 0.25) is 5.95 Å². The largest absolute Gasteiger partial charge is 0.378 e. The lowest BCUT2D eigenvalue weighted by Crippen LogP contribution is -2.39. The van der Waals surface area contributed by atoms with Gasteiger partial charge in [-0.3, -0.25) is 4.79 Å². The molecule has 0 aliphatic carbocycles. The number of anilines is 1. The van der Waals surface area contributed by atoms with E-state index in [-0.39, 0.29) is 5.91 Å². The maximum atomic E-state index is 12.5. The van der Waals surface area contributed by atoms with Crippen LogP contribution in [0.25, 0.3) is 0 Å². The molecule has 1 amide bonds. The van der Waals surface area contributed by atoms with Crippen LogP contribution in [0.5, 0.6) is 0 Å². The normalized spacial score (nSPS) is 20.6. The molecule has 0 unspecified atom stereocenters. The number of ether oxygens (including phenoxy) is 1. The second-order valence-corrected chi connectivity index (χ2v) is 5.82. The van der Waals surface area contributed by atoms with Crippen LogP contribution in [-0.2, 0) is 4.74 Å². The summed E-state index contributed by atoms with van der Waals surface area (Å²) in [5.74, 6) is 1.37. The van der Waals surface area contributed by atoms with Gasteiger partial charge in [0, 0.05) is 32.4 Å². The zero-order valence-electron chi connectivity index (χ0n) is 12.5. The molecule has 1 aromatic heterocycles. The molecule has 1 aromatic rings. The third-order valence-corrected chi connectivity index (χ3v) is 4.23. The maximum Gasteiger partial charge on any atom is 0.272 e. The highest BCUT2D eigenvalue weighted by Crippen LogP contribution is 2.18. The molecule has 0 atom stereocenters. The van der Waals surface area contributed by atoms with Crippen molar-refractivity contribution in [3.8, 4) is 0 Å². The molecular formula is C15H22N4O2. The topological polar surface area (TPSA) is 58.6 Å². The van der Waals surface area contributed by atoms with Crippen LogP contribution in [0.15, 0.2) is 12.3 Å². The Labute approximate surface area is 125 Å². The third kappa shape index (κ3) is 3.32. The van der Waals surface area contributed by atoms with E-state index in [1.807, 2.05) is 4.90 Å². The van der Waals surface area contributed by atoms with Gasteiger partial charge in [0.05, 0.1) is 13.2 Å². The van der Waals surface area contributed by atoms with E-state index < -0.39 is 0 Å². The van der Waals surface area contributed by atoms with Crippen LogP contribution in [0.1, 0.15) is 30.3 Å². The number of rotatable bonds is 2. The number of piperidine rings is 1. The van der Waals surface area contributed by atoms with Crippen molar-refractivity contribution in [2.45, 2.75) is 19.8 Å². The fourth-order valence-corrected chi connectivity index (χ4v) is 2.76. The predicted octanol–water partition coefficient (Wildman–Crippen LogP) is 1.19. The molecule has 3 rings (SSSR count). The highest BCUT2D eigenvalue weighted by molar-refractivity contribution is 5.92. The van der Waals surface area contributed by atoms with Crippen LogP contribution < -0.4 is 4.90 Å². The summed E-state index contributed by atoms with van der Waals surface area (Å²) < 4.78 is 5.33. The molecule has 0 spiro atoms. The van der Waals surface area contributed by atoms with Crippen molar-refractivity contribution in [2.75, 3.05) is 44.3 Å². The summed E-state index contributed by atoms with van der Waals surface area (Å²) in [5, 5.41) is 0. The molecule has 3 heterocycles. The Morgan fingerprint density at radius 3 is 2.67 bits per heavy atom. The first kappa shape index (κ1) is 14.3. The van der Waals surface area contributed by atoms with Gasteiger partial charge in [-0.05, 0) is 24.8 Å². The van der Waals surface area contributed by atoms with Gasteiger partial charge in [-0.15, -0.1) is 0 Å². The van der Waals surface area contributed by atoms with Crippen molar-refractivity contribution < 1.29 is 9.53 Å². The number of hydrogen-bond acceptors (Lipinski definition) is 5. The van der Waals surface area contributed by atoms with Gasteiger partial charge < -0.3 is 14.5 Å². The molecule has 114 valence electrons. The second kappa shape index (κ2) is 6.39. The molecule has 0 aromatic carbocycles. The first-order valence-corrected chi connectivity index (χ1v) is 7.69. The second-order valence-electron chi connectivity index (χ2n) is 5.82. The Bertz CT molecular complexity index is 494. The number of hydrogen-bond donors (Lipinski definition) is 0.